The first-order valence-corrected chi connectivity index (χ1v) is 5.31. The Labute approximate surface area is 92.0 Å². The first kappa shape index (κ1) is 13.3. The maximum absolute atomic E-state index is 11.9. The molecule has 0 aliphatic heterocycles. The van der Waals surface area contributed by atoms with Crippen LogP contribution in [0.25, 0.3) is 0 Å². The second-order valence-electron chi connectivity index (χ2n) is 4.52. The highest BCUT2D eigenvalue weighted by atomic mass is 19.4. The highest BCUT2D eigenvalue weighted by Gasteiger charge is 2.39. The van der Waals surface area contributed by atoms with Gasteiger partial charge in [-0.1, -0.05) is 0 Å². The van der Waals surface area contributed by atoms with Crippen molar-refractivity contribution >= 4 is 5.97 Å². The monoisotopic (exact) mass is 239 g/mol. The summed E-state index contributed by atoms with van der Waals surface area (Å²) < 4.78 is 35.8. The van der Waals surface area contributed by atoms with Crippen molar-refractivity contribution in [2.75, 3.05) is 0 Å². The summed E-state index contributed by atoms with van der Waals surface area (Å²) in [6, 6.07) is 0.159. The molecular weight excluding hydrogens is 223 g/mol. The number of carboxylic acids is 1. The highest BCUT2D eigenvalue weighted by molar-refractivity contribution is 5.78. The van der Waals surface area contributed by atoms with Gasteiger partial charge in [0.1, 0.15) is 5.54 Å². The van der Waals surface area contributed by atoms with E-state index in [4.69, 9.17) is 5.11 Å². The lowest BCUT2D eigenvalue weighted by Gasteiger charge is -2.26. The number of nitrogens with one attached hydrogen (secondary N) is 1. The SMILES string of the molecule is CC(CCCC(F)(F)F)(NC1CC1)C(=O)O. The number of hydrogen-bond acceptors (Lipinski definition) is 2. The van der Waals surface area contributed by atoms with Gasteiger partial charge in [-0.25, -0.2) is 0 Å². The predicted octanol–water partition coefficient (Wildman–Crippen LogP) is 2.31. The van der Waals surface area contributed by atoms with Gasteiger partial charge in [0.05, 0.1) is 0 Å². The molecule has 1 aliphatic rings. The maximum atomic E-state index is 11.9. The molecule has 1 aliphatic carbocycles. The smallest absolute Gasteiger partial charge is 0.389 e. The van der Waals surface area contributed by atoms with Crippen LogP contribution in [0.3, 0.4) is 0 Å². The first-order chi connectivity index (χ1) is 7.23. The van der Waals surface area contributed by atoms with E-state index < -0.39 is 24.1 Å². The van der Waals surface area contributed by atoms with Gasteiger partial charge in [-0.2, -0.15) is 13.2 Å². The summed E-state index contributed by atoms with van der Waals surface area (Å²) in [6.45, 7) is 1.45. The van der Waals surface area contributed by atoms with Crippen molar-refractivity contribution < 1.29 is 23.1 Å². The Morgan fingerprint density at radius 3 is 2.31 bits per heavy atom. The van der Waals surface area contributed by atoms with E-state index in [1.807, 2.05) is 0 Å². The number of alkyl halides is 3. The van der Waals surface area contributed by atoms with E-state index in [1.54, 1.807) is 0 Å². The standard InChI is InChI=1S/C10H16F3NO2/c1-9(8(15)16,14-7-3-4-7)5-2-6-10(11,12)13/h7,14H,2-6H2,1H3,(H,15,16). The van der Waals surface area contributed by atoms with Crippen molar-refractivity contribution in [3.63, 3.8) is 0 Å². The van der Waals surface area contributed by atoms with E-state index >= 15 is 0 Å². The van der Waals surface area contributed by atoms with E-state index in [0.717, 1.165) is 12.8 Å². The third kappa shape index (κ3) is 4.38. The number of hydrogen-bond donors (Lipinski definition) is 2. The third-order valence-electron chi connectivity index (χ3n) is 2.71. The zero-order valence-electron chi connectivity index (χ0n) is 9.10. The molecule has 1 unspecified atom stereocenters. The molecule has 0 amide bonds. The van der Waals surface area contributed by atoms with Crippen LogP contribution in [0.2, 0.25) is 0 Å². The lowest BCUT2D eigenvalue weighted by atomic mass is 9.94. The first-order valence-electron chi connectivity index (χ1n) is 5.31. The van der Waals surface area contributed by atoms with Gasteiger partial charge in [-0.05, 0) is 32.6 Å². The molecule has 0 aromatic heterocycles. The molecular formula is C10H16F3NO2. The lowest BCUT2D eigenvalue weighted by molar-refractivity contribution is -0.147. The molecule has 1 saturated carbocycles. The topological polar surface area (TPSA) is 49.3 Å². The average Bonchev–Trinajstić information content (AvgIpc) is 2.85. The molecule has 0 heterocycles. The number of rotatable bonds is 6. The predicted molar refractivity (Wildman–Crippen MR) is 52.1 cm³/mol. The van der Waals surface area contributed by atoms with Gasteiger partial charge in [0.15, 0.2) is 0 Å². The van der Waals surface area contributed by atoms with Gasteiger partial charge in [0, 0.05) is 12.5 Å². The molecule has 16 heavy (non-hydrogen) atoms. The summed E-state index contributed by atoms with van der Waals surface area (Å²) >= 11 is 0. The van der Waals surface area contributed by atoms with Gasteiger partial charge >= 0.3 is 12.1 Å². The van der Waals surface area contributed by atoms with E-state index in [1.165, 1.54) is 6.92 Å². The molecule has 1 fully saturated rings. The number of carbonyl (C=O) groups is 1. The normalized spacial score (nSPS) is 20.5. The second-order valence-corrected chi connectivity index (χ2v) is 4.52. The second kappa shape index (κ2) is 4.61. The van der Waals surface area contributed by atoms with Crippen LogP contribution < -0.4 is 5.32 Å². The van der Waals surface area contributed by atoms with E-state index in [9.17, 15) is 18.0 Å². The maximum Gasteiger partial charge on any atom is 0.389 e. The van der Waals surface area contributed by atoms with E-state index in [0.29, 0.717) is 0 Å². The summed E-state index contributed by atoms with van der Waals surface area (Å²) in [5.74, 6) is -1.08. The molecule has 0 saturated heterocycles. The Balaban J connectivity index is 2.41. The Morgan fingerprint density at radius 2 is 1.94 bits per heavy atom. The molecule has 1 atom stereocenters. The lowest BCUT2D eigenvalue weighted by Crippen LogP contribution is -2.50. The number of carboxylic acid groups (broad SMARTS) is 1. The molecule has 0 bridgehead atoms. The molecule has 0 radical (unpaired) electrons. The molecule has 0 aromatic rings. The molecule has 0 aromatic carbocycles. The van der Waals surface area contributed by atoms with Crippen molar-refractivity contribution in [1.82, 2.24) is 5.32 Å². The molecule has 2 N–H and O–H groups in total. The number of aliphatic carboxylic acids is 1. The van der Waals surface area contributed by atoms with Crippen molar-refractivity contribution in [3.8, 4) is 0 Å². The fourth-order valence-electron chi connectivity index (χ4n) is 1.56. The van der Waals surface area contributed by atoms with E-state index in [-0.39, 0.29) is 18.9 Å². The summed E-state index contributed by atoms with van der Waals surface area (Å²) in [6.07, 6.45) is -3.49. The van der Waals surface area contributed by atoms with Crippen molar-refractivity contribution in [2.24, 2.45) is 0 Å². The van der Waals surface area contributed by atoms with Crippen LogP contribution in [-0.4, -0.2) is 28.8 Å². The van der Waals surface area contributed by atoms with Crippen LogP contribution in [0.4, 0.5) is 13.2 Å². The van der Waals surface area contributed by atoms with Gasteiger partial charge in [0.2, 0.25) is 0 Å². The molecule has 0 spiro atoms. The summed E-state index contributed by atoms with van der Waals surface area (Å²) in [5.41, 5.74) is -1.23. The van der Waals surface area contributed by atoms with Crippen molar-refractivity contribution in [1.29, 1.82) is 0 Å². The Bertz CT molecular complexity index is 263. The van der Waals surface area contributed by atoms with Crippen LogP contribution in [0.15, 0.2) is 0 Å². The van der Waals surface area contributed by atoms with Gasteiger partial charge in [0.25, 0.3) is 0 Å². The van der Waals surface area contributed by atoms with Crippen LogP contribution in [0.5, 0.6) is 0 Å². The third-order valence-corrected chi connectivity index (χ3v) is 2.71. The minimum Gasteiger partial charge on any atom is -0.480 e. The van der Waals surface area contributed by atoms with Crippen LogP contribution in [0, 0.1) is 0 Å². The van der Waals surface area contributed by atoms with Gasteiger partial charge < -0.3 is 5.11 Å². The largest absolute Gasteiger partial charge is 0.480 e. The summed E-state index contributed by atoms with van der Waals surface area (Å²) in [5, 5.41) is 11.9. The number of halogens is 3. The summed E-state index contributed by atoms with van der Waals surface area (Å²) in [7, 11) is 0. The van der Waals surface area contributed by atoms with Crippen molar-refractivity contribution in [2.45, 2.75) is 56.8 Å². The fourth-order valence-corrected chi connectivity index (χ4v) is 1.56. The zero-order chi connectivity index (χ0) is 12.4. The van der Waals surface area contributed by atoms with Crippen LogP contribution in [-0.2, 0) is 4.79 Å². The molecule has 3 nitrogen and oxygen atoms in total. The fraction of sp³-hybridized carbons (Fsp3) is 0.900. The van der Waals surface area contributed by atoms with Gasteiger partial charge in [-0.3, -0.25) is 10.1 Å². The minimum absolute atomic E-state index is 0.00164. The highest BCUT2D eigenvalue weighted by Crippen LogP contribution is 2.28. The Hall–Kier alpha value is -0.780. The minimum atomic E-state index is -4.21. The molecule has 94 valence electrons. The molecule has 1 rings (SSSR count). The zero-order valence-corrected chi connectivity index (χ0v) is 9.10. The van der Waals surface area contributed by atoms with Crippen LogP contribution in [0.1, 0.15) is 39.0 Å². The van der Waals surface area contributed by atoms with Crippen LogP contribution >= 0.6 is 0 Å². The Kier molecular flexibility index (Phi) is 3.83. The van der Waals surface area contributed by atoms with Gasteiger partial charge in [-0.15, -0.1) is 0 Å². The summed E-state index contributed by atoms with van der Waals surface area (Å²) in [4.78, 5) is 11.0. The molecule has 6 heteroatoms. The van der Waals surface area contributed by atoms with E-state index in [2.05, 4.69) is 5.32 Å². The quantitative estimate of drug-likeness (QED) is 0.747. The Morgan fingerprint density at radius 1 is 1.38 bits per heavy atom. The average molecular weight is 239 g/mol. The van der Waals surface area contributed by atoms with Crippen molar-refractivity contribution in [3.05, 3.63) is 0 Å².